The van der Waals surface area contributed by atoms with E-state index in [9.17, 15) is 18.0 Å². The predicted octanol–water partition coefficient (Wildman–Crippen LogP) is 3.36. The molecule has 3 aliphatic rings. The van der Waals surface area contributed by atoms with Crippen molar-refractivity contribution in [3.63, 3.8) is 0 Å². The highest BCUT2D eigenvalue weighted by atomic mass is 32.2. The number of pyridine rings is 1. The second kappa shape index (κ2) is 11.4. The first-order valence-electron chi connectivity index (χ1n) is 14.3. The van der Waals surface area contributed by atoms with Crippen molar-refractivity contribution in [2.45, 2.75) is 50.6 Å². The highest BCUT2D eigenvalue weighted by Gasteiger charge is 2.41. The van der Waals surface area contributed by atoms with Gasteiger partial charge in [-0.1, -0.05) is 17.4 Å². The van der Waals surface area contributed by atoms with Crippen LogP contribution in [0.3, 0.4) is 0 Å². The van der Waals surface area contributed by atoms with Crippen molar-refractivity contribution in [3.8, 4) is 10.4 Å². The maximum atomic E-state index is 13.8. The number of nitrogens with one attached hydrogen (secondary N) is 3. The maximum Gasteiger partial charge on any atom is 0.269 e. The Morgan fingerprint density at radius 2 is 1.90 bits per heavy atom. The molecular weight excluding hydrogens is 574 g/mol. The summed E-state index contributed by atoms with van der Waals surface area (Å²) in [5, 5.41) is 6.65. The number of hydrogen-bond donors (Lipinski definition) is 3. The number of aryl methyl sites for hydroxylation is 1. The summed E-state index contributed by atoms with van der Waals surface area (Å²) in [7, 11) is -2.10. The quantitative estimate of drug-likeness (QED) is 0.403. The number of anilines is 2. The van der Waals surface area contributed by atoms with Crippen molar-refractivity contribution in [1.82, 2.24) is 29.8 Å². The van der Waals surface area contributed by atoms with Gasteiger partial charge < -0.3 is 20.4 Å². The van der Waals surface area contributed by atoms with Gasteiger partial charge in [-0.15, -0.1) is 0 Å². The number of fused-ring (bicyclic) bond motifs is 9. The first-order valence-corrected chi connectivity index (χ1v) is 16.6. The van der Waals surface area contributed by atoms with Gasteiger partial charge in [0.1, 0.15) is 11.5 Å². The highest BCUT2D eigenvalue weighted by Crippen LogP contribution is 2.42. The molecule has 42 heavy (non-hydrogen) atoms. The van der Waals surface area contributed by atoms with Gasteiger partial charge in [-0.05, 0) is 88.0 Å². The van der Waals surface area contributed by atoms with Gasteiger partial charge in [-0.2, -0.15) is 0 Å². The molecule has 2 aliphatic heterocycles. The molecule has 6 rings (SSSR count). The van der Waals surface area contributed by atoms with E-state index in [-0.39, 0.29) is 34.9 Å². The van der Waals surface area contributed by atoms with E-state index in [0.717, 1.165) is 17.7 Å². The topological polar surface area (TPSA) is 137 Å². The fourth-order valence-corrected chi connectivity index (χ4v) is 7.85. The molecule has 13 heteroatoms. The van der Waals surface area contributed by atoms with Crippen LogP contribution in [0.1, 0.15) is 58.3 Å². The Morgan fingerprint density at radius 3 is 2.69 bits per heavy atom. The molecule has 1 saturated carbocycles. The molecule has 11 nitrogen and oxygen atoms in total. The maximum absolute atomic E-state index is 13.8. The van der Waals surface area contributed by atoms with E-state index in [1.165, 1.54) is 11.3 Å². The Morgan fingerprint density at radius 1 is 1.10 bits per heavy atom. The number of amides is 2. The Kier molecular flexibility index (Phi) is 7.77. The Balaban J connectivity index is 1.42. The summed E-state index contributed by atoms with van der Waals surface area (Å²) in [6.45, 7) is 6.09. The minimum absolute atomic E-state index is 0.0157. The molecule has 0 unspecified atom stereocenters. The summed E-state index contributed by atoms with van der Waals surface area (Å²) < 4.78 is 30.3. The average Bonchev–Trinajstić information content (AvgIpc) is 3.67. The summed E-state index contributed by atoms with van der Waals surface area (Å²) in [5.41, 5.74) is 2.70. The second-order valence-electron chi connectivity index (χ2n) is 11.3. The molecule has 0 saturated heterocycles. The summed E-state index contributed by atoms with van der Waals surface area (Å²) in [4.78, 5) is 40.1. The van der Waals surface area contributed by atoms with Crippen LogP contribution in [-0.2, 0) is 16.6 Å². The SMILES string of the molecule is Cc1nc2sc1-c1cc3c(c(c1)S(=O)(=O)NCCN(C)CCCNC(=O)c1cccc(n1)N2)C(=O)N([C@@H](C)C1CC1)C3. The molecule has 2 amide bonds. The number of likely N-dealkylation sites (N-methyl/N-ethyl adjacent to an activating group) is 1. The van der Waals surface area contributed by atoms with Gasteiger partial charge in [0.15, 0.2) is 5.13 Å². The predicted molar refractivity (Wildman–Crippen MR) is 162 cm³/mol. The summed E-state index contributed by atoms with van der Waals surface area (Å²) in [6.07, 6.45) is 2.86. The average molecular weight is 610 g/mol. The first kappa shape index (κ1) is 28.7. The minimum Gasteiger partial charge on any atom is -0.351 e. The van der Waals surface area contributed by atoms with Gasteiger partial charge in [-0.25, -0.2) is 23.1 Å². The normalized spacial score (nSPS) is 20.4. The number of carbonyl (C=O) groups is 2. The molecule has 222 valence electrons. The van der Waals surface area contributed by atoms with Crippen LogP contribution in [0.2, 0.25) is 0 Å². The fraction of sp³-hybridized carbons (Fsp3) is 0.448. The zero-order valence-corrected chi connectivity index (χ0v) is 25.6. The molecular formula is C29H35N7O4S2. The lowest BCUT2D eigenvalue weighted by molar-refractivity contribution is 0.0694. The van der Waals surface area contributed by atoms with E-state index in [1.807, 2.05) is 29.8 Å². The lowest BCUT2D eigenvalue weighted by Gasteiger charge is -2.24. The lowest BCUT2D eigenvalue weighted by atomic mass is 10.0. The van der Waals surface area contributed by atoms with Crippen LogP contribution >= 0.6 is 11.3 Å². The number of nitrogens with zero attached hydrogens (tertiary/aromatic N) is 4. The zero-order valence-electron chi connectivity index (χ0n) is 23.9. The highest BCUT2D eigenvalue weighted by molar-refractivity contribution is 7.89. The standard InChI is InChI=1S/C29H35N7O4S2/c1-17-26-20-14-21-16-36(18(2)19-8-9-19)28(38)25(21)23(15-20)42(39,40)31-11-13-35(3)12-5-10-30-27(37)22-6-4-7-24(33-22)34-29(32-17)41-26/h4,6-7,14-15,18-19,31H,5,8-13,16H2,1-3H3,(H,30,37)(H,32,33,34)/t18-/m0/s1. The van der Waals surface area contributed by atoms with Crippen molar-refractivity contribution < 1.29 is 18.0 Å². The largest absolute Gasteiger partial charge is 0.351 e. The molecule has 0 spiro atoms. The van der Waals surface area contributed by atoms with Crippen LogP contribution in [0.5, 0.6) is 0 Å². The number of carbonyl (C=O) groups excluding carboxylic acids is 2. The van der Waals surface area contributed by atoms with Crippen LogP contribution in [0.15, 0.2) is 35.2 Å². The van der Waals surface area contributed by atoms with Gasteiger partial charge in [-0.3, -0.25) is 9.59 Å². The van der Waals surface area contributed by atoms with E-state index in [0.29, 0.717) is 72.0 Å². The van der Waals surface area contributed by atoms with Crippen molar-refractivity contribution in [3.05, 3.63) is 52.8 Å². The van der Waals surface area contributed by atoms with Gasteiger partial charge in [0.25, 0.3) is 11.8 Å². The summed E-state index contributed by atoms with van der Waals surface area (Å²) in [6, 6.07) is 8.80. The van der Waals surface area contributed by atoms with Crippen LogP contribution < -0.4 is 15.4 Å². The molecule has 1 aliphatic carbocycles. The Labute approximate surface area is 249 Å². The third-order valence-electron chi connectivity index (χ3n) is 8.15. The molecule has 1 atom stereocenters. The number of hydrogen-bond acceptors (Lipinski definition) is 9. The van der Waals surface area contributed by atoms with Gasteiger partial charge >= 0.3 is 0 Å². The van der Waals surface area contributed by atoms with Crippen molar-refractivity contribution in [2.24, 2.45) is 5.92 Å². The van der Waals surface area contributed by atoms with E-state index in [4.69, 9.17) is 0 Å². The molecule has 1 fully saturated rings. The second-order valence-corrected chi connectivity index (χ2v) is 14.0. The Hall–Kier alpha value is -3.39. The van der Waals surface area contributed by atoms with E-state index in [2.05, 4.69) is 32.2 Å². The Bertz CT molecular complexity index is 1650. The number of rotatable bonds is 2. The van der Waals surface area contributed by atoms with E-state index in [1.54, 1.807) is 24.3 Å². The molecule has 3 N–H and O–H groups in total. The van der Waals surface area contributed by atoms with Crippen molar-refractivity contribution in [1.29, 1.82) is 0 Å². The van der Waals surface area contributed by atoms with Gasteiger partial charge in [0.2, 0.25) is 10.0 Å². The summed E-state index contributed by atoms with van der Waals surface area (Å²) >= 11 is 1.37. The zero-order chi connectivity index (χ0) is 29.6. The minimum atomic E-state index is -4.00. The molecule has 1 aromatic carbocycles. The van der Waals surface area contributed by atoms with E-state index >= 15 is 0 Å². The molecule has 2 aromatic heterocycles. The fourth-order valence-electron chi connectivity index (χ4n) is 5.60. The third kappa shape index (κ3) is 5.78. The monoisotopic (exact) mass is 609 g/mol. The first-order chi connectivity index (χ1) is 20.1. The summed E-state index contributed by atoms with van der Waals surface area (Å²) in [5.74, 6) is 0.459. The van der Waals surface area contributed by atoms with Crippen LogP contribution in [0.4, 0.5) is 10.9 Å². The number of aromatic nitrogens is 2. The van der Waals surface area contributed by atoms with E-state index < -0.39 is 10.0 Å². The van der Waals surface area contributed by atoms with Gasteiger partial charge in [0.05, 0.1) is 21.0 Å². The number of benzene rings is 1. The van der Waals surface area contributed by atoms with Crippen LogP contribution in [0, 0.1) is 12.8 Å². The lowest BCUT2D eigenvalue weighted by Crippen LogP contribution is -2.36. The number of thiazole rings is 1. The molecule has 3 aromatic rings. The van der Waals surface area contributed by atoms with Crippen molar-refractivity contribution >= 4 is 44.1 Å². The molecule has 6 bridgehead atoms. The number of sulfonamides is 1. The molecule has 4 heterocycles. The third-order valence-corrected chi connectivity index (χ3v) is 10.8. The smallest absolute Gasteiger partial charge is 0.269 e. The van der Waals surface area contributed by atoms with Crippen LogP contribution in [0.25, 0.3) is 10.4 Å². The van der Waals surface area contributed by atoms with Crippen LogP contribution in [-0.4, -0.2) is 79.3 Å². The van der Waals surface area contributed by atoms with Gasteiger partial charge in [0, 0.05) is 32.2 Å². The molecule has 0 radical (unpaired) electrons. The van der Waals surface area contributed by atoms with Crippen molar-refractivity contribution in [2.75, 3.05) is 38.5 Å².